The number of anilines is 1. The fraction of sp³-hybridized carbons (Fsp3) is 0.500. The minimum atomic E-state index is -3.30. The fourth-order valence-electron chi connectivity index (χ4n) is 2.60. The molecule has 0 amide bonds. The fourth-order valence-corrected chi connectivity index (χ4v) is 4.14. The van der Waals surface area contributed by atoms with Crippen molar-refractivity contribution < 1.29 is 8.42 Å². The molecule has 1 aromatic carbocycles. The number of nitrogens with one attached hydrogen (secondary N) is 2. The summed E-state index contributed by atoms with van der Waals surface area (Å²) in [6.45, 7) is 0. The summed E-state index contributed by atoms with van der Waals surface area (Å²) >= 11 is 0. The Morgan fingerprint density at radius 1 is 1.20 bits per heavy atom. The molecular formula is C14H21N3O2S. The van der Waals surface area contributed by atoms with Crippen LogP contribution in [0, 0.1) is 11.3 Å². The molecule has 110 valence electrons. The van der Waals surface area contributed by atoms with Crippen LogP contribution >= 0.6 is 0 Å². The molecule has 0 aromatic heterocycles. The van der Waals surface area contributed by atoms with E-state index >= 15 is 0 Å². The lowest BCUT2D eigenvalue weighted by molar-refractivity contribution is 0.385. The van der Waals surface area contributed by atoms with Crippen molar-refractivity contribution >= 4 is 21.5 Å². The summed E-state index contributed by atoms with van der Waals surface area (Å²) in [4.78, 5) is 0. The Balaban J connectivity index is 1.98. The third-order valence-corrected chi connectivity index (χ3v) is 5.11. The Morgan fingerprint density at radius 2 is 1.80 bits per heavy atom. The molecule has 6 heteroatoms. The zero-order valence-electron chi connectivity index (χ0n) is 11.4. The molecule has 0 unspecified atom stereocenters. The van der Waals surface area contributed by atoms with Gasteiger partial charge in [0, 0.05) is 11.3 Å². The van der Waals surface area contributed by atoms with Gasteiger partial charge >= 0.3 is 0 Å². The van der Waals surface area contributed by atoms with Crippen molar-refractivity contribution in [1.29, 1.82) is 5.41 Å². The quantitative estimate of drug-likeness (QED) is 0.574. The van der Waals surface area contributed by atoms with Crippen LogP contribution in [0.5, 0.6) is 0 Å². The van der Waals surface area contributed by atoms with Crippen LogP contribution in [-0.4, -0.2) is 20.0 Å². The highest BCUT2D eigenvalue weighted by atomic mass is 32.2. The number of benzene rings is 1. The number of nitrogens with two attached hydrogens (primary N) is 1. The smallest absolute Gasteiger partial charge is 0.232 e. The van der Waals surface area contributed by atoms with Crippen LogP contribution in [-0.2, 0) is 10.0 Å². The lowest BCUT2D eigenvalue weighted by Crippen LogP contribution is -2.24. The molecular weight excluding hydrogens is 274 g/mol. The molecule has 0 bridgehead atoms. The summed E-state index contributed by atoms with van der Waals surface area (Å²) in [7, 11) is -3.30. The van der Waals surface area contributed by atoms with Gasteiger partial charge in [-0.05, 0) is 43.0 Å². The van der Waals surface area contributed by atoms with E-state index in [0.717, 1.165) is 25.7 Å². The Hall–Kier alpha value is -1.56. The molecule has 0 heterocycles. The largest absolute Gasteiger partial charge is 0.384 e. The van der Waals surface area contributed by atoms with E-state index in [2.05, 4.69) is 4.72 Å². The maximum Gasteiger partial charge on any atom is 0.232 e. The Morgan fingerprint density at radius 3 is 2.35 bits per heavy atom. The zero-order valence-corrected chi connectivity index (χ0v) is 12.2. The monoisotopic (exact) mass is 295 g/mol. The van der Waals surface area contributed by atoms with E-state index in [4.69, 9.17) is 11.1 Å². The molecule has 1 saturated carbocycles. The minimum Gasteiger partial charge on any atom is -0.384 e. The summed E-state index contributed by atoms with van der Waals surface area (Å²) < 4.78 is 26.8. The molecule has 0 aliphatic heterocycles. The molecule has 1 aliphatic rings. The number of hydrogen-bond acceptors (Lipinski definition) is 3. The summed E-state index contributed by atoms with van der Waals surface area (Å²) in [5.41, 5.74) is 6.46. The van der Waals surface area contributed by atoms with E-state index < -0.39 is 10.0 Å². The molecule has 0 saturated heterocycles. The van der Waals surface area contributed by atoms with E-state index in [1.54, 1.807) is 24.3 Å². The molecule has 5 nitrogen and oxygen atoms in total. The number of nitrogen functional groups attached to an aromatic ring is 1. The van der Waals surface area contributed by atoms with Gasteiger partial charge in [-0.3, -0.25) is 10.1 Å². The predicted octanol–water partition coefficient (Wildman–Crippen LogP) is 2.29. The summed E-state index contributed by atoms with van der Waals surface area (Å²) in [5, 5.41) is 7.29. The number of hydrogen-bond donors (Lipinski definition) is 3. The first kappa shape index (κ1) is 14.8. The molecule has 20 heavy (non-hydrogen) atoms. The maximum atomic E-state index is 12.1. The molecule has 0 radical (unpaired) electrons. The van der Waals surface area contributed by atoms with Gasteiger partial charge in [0.2, 0.25) is 10.0 Å². The predicted molar refractivity (Wildman–Crippen MR) is 81.4 cm³/mol. The maximum absolute atomic E-state index is 12.1. The van der Waals surface area contributed by atoms with Gasteiger partial charge in [0.15, 0.2) is 0 Å². The first-order chi connectivity index (χ1) is 9.46. The SMILES string of the molecule is N=C(N)c1ccc(NS(=O)(=O)CC2CCCCC2)cc1. The van der Waals surface area contributed by atoms with Crippen molar-refractivity contribution in [2.45, 2.75) is 32.1 Å². The molecule has 0 spiro atoms. The third-order valence-electron chi connectivity index (χ3n) is 3.65. The Bertz CT molecular complexity index is 561. The topological polar surface area (TPSA) is 96.0 Å². The van der Waals surface area contributed by atoms with Crippen LogP contribution in [0.1, 0.15) is 37.7 Å². The normalized spacial score (nSPS) is 16.8. The van der Waals surface area contributed by atoms with Crippen LogP contribution < -0.4 is 10.5 Å². The van der Waals surface area contributed by atoms with E-state index in [0.29, 0.717) is 11.3 Å². The molecule has 0 atom stereocenters. The first-order valence-corrected chi connectivity index (χ1v) is 8.56. The first-order valence-electron chi connectivity index (χ1n) is 6.91. The van der Waals surface area contributed by atoms with Gasteiger partial charge in [-0.15, -0.1) is 0 Å². The zero-order chi connectivity index (χ0) is 14.6. The molecule has 1 aromatic rings. The second-order valence-electron chi connectivity index (χ2n) is 5.38. The van der Waals surface area contributed by atoms with Crippen LogP contribution in [0.15, 0.2) is 24.3 Å². The molecule has 4 N–H and O–H groups in total. The number of amidine groups is 1. The number of rotatable bonds is 5. The summed E-state index contributed by atoms with van der Waals surface area (Å²) in [6.07, 6.45) is 5.49. The van der Waals surface area contributed by atoms with E-state index in [1.165, 1.54) is 6.42 Å². The second kappa shape index (κ2) is 6.26. The summed E-state index contributed by atoms with van der Waals surface area (Å²) in [6, 6.07) is 6.55. The van der Waals surface area contributed by atoms with Crippen LogP contribution in [0.4, 0.5) is 5.69 Å². The molecule has 1 aliphatic carbocycles. The van der Waals surface area contributed by atoms with Gasteiger partial charge < -0.3 is 5.73 Å². The third kappa shape index (κ3) is 4.23. The van der Waals surface area contributed by atoms with Gasteiger partial charge in [0.05, 0.1) is 5.75 Å². The van der Waals surface area contributed by atoms with Crippen molar-refractivity contribution in [3.63, 3.8) is 0 Å². The van der Waals surface area contributed by atoms with Gasteiger partial charge in [0.1, 0.15) is 5.84 Å². The highest BCUT2D eigenvalue weighted by Crippen LogP contribution is 2.25. The van der Waals surface area contributed by atoms with Crippen molar-refractivity contribution in [1.82, 2.24) is 0 Å². The highest BCUT2D eigenvalue weighted by molar-refractivity contribution is 7.92. The van der Waals surface area contributed by atoms with E-state index in [-0.39, 0.29) is 17.5 Å². The molecule has 1 fully saturated rings. The van der Waals surface area contributed by atoms with Crippen molar-refractivity contribution in [3.05, 3.63) is 29.8 Å². The molecule has 2 rings (SSSR count). The lowest BCUT2D eigenvalue weighted by Gasteiger charge is -2.21. The lowest BCUT2D eigenvalue weighted by atomic mass is 9.91. The standard InChI is InChI=1S/C14H21N3O2S/c15-14(16)12-6-8-13(9-7-12)17-20(18,19)10-11-4-2-1-3-5-11/h6-9,11,17H,1-5,10H2,(H3,15,16). The van der Waals surface area contributed by atoms with Crippen LogP contribution in [0.3, 0.4) is 0 Å². The van der Waals surface area contributed by atoms with Crippen molar-refractivity contribution in [3.8, 4) is 0 Å². The van der Waals surface area contributed by atoms with Gasteiger partial charge in [0.25, 0.3) is 0 Å². The van der Waals surface area contributed by atoms with Gasteiger partial charge in [-0.25, -0.2) is 8.42 Å². The van der Waals surface area contributed by atoms with Crippen LogP contribution in [0.25, 0.3) is 0 Å². The highest BCUT2D eigenvalue weighted by Gasteiger charge is 2.21. The second-order valence-corrected chi connectivity index (χ2v) is 7.15. The van der Waals surface area contributed by atoms with Crippen molar-refractivity contribution in [2.75, 3.05) is 10.5 Å². The van der Waals surface area contributed by atoms with Crippen LogP contribution in [0.2, 0.25) is 0 Å². The Kier molecular flexibility index (Phi) is 4.65. The Labute approximate surface area is 120 Å². The average molecular weight is 295 g/mol. The van der Waals surface area contributed by atoms with E-state index in [1.807, 2.05) is 0 Å². The van der Waals surface area contributed by atoms with Gasteiger partial charge in [-0.2, -0.15) is 0 Å². The van der Waals surface area contributed by atoms with Crippen molar-refractivity contribution in [2.24, 2.45) is 11.7 Å². The van der Waals surface area contributed by atoms with Gasteiger partial charge in [-0.1, -0.05) is 19.3 Å². The number of sulfonamides is 1. The minimum absolute atomic E-state index is 0.0263. The van der Waals surface area contributed by atoms with E-state index in [9.17, 15) is 8.42 Å². The average Bonchev–Trinajstić information content (AvgIpc) is 2.39. The summed E-state index contributed by atoms with van der Waals surface area (Å²) in [5.74, 6) is 0.445.